The van der Waals surface area contributed by atoms with Gasteiger partial charge in [-0.05, 0) is 218 Å². The zero-order valence-corrected chi connectivity index (χ0v) is 50.8. The van der Waals surface area contributed by atoms with Crippen LogP contribution in [-0.2, 0) is 63.8 Å². The average Bonchev–Trinajstić information content (AvgIpc) is 3.41. The van der Waals surface area contributed by atoms with E-state index < -0.39 is 23.9 Å². The maximum Gasteiger partial charge on any atom is 0.330 e. The minimum absolute atomic E-state index is 0.228. The van der Waals surface area contributed by atoms with Crippen LogP contribution < -0.4 is 18.9 Å². The van der Waals surface area contributed by atoms with Gasteiger partial charge in [-0.15, -0.1) is 0 Å². The minimum Gasteiger partial charge on any atom is -0.493 e. The third kappa shape index (κ3) is 23.9. The van der Waals surface area contributed by atoms with Crippen LogP contribution in [0.1, 0.15) is 177 Å². The molecule has 81 heavy (non-hydrogen) atoms. The molecule has 0 N–H and O–H groups in total. The lowest BCUT2D eigenvalue weighted by molar-refractivity contribution is -0.138. The van der Waals surface area contributed by atoms with Gasteiger partial charge in [0, 0.05) is 43.6 Å². The van der Waals surface area contributed by atoms with Gasteiger partial charge in [0.05, 0.1) is 52.9 Å². The van der Waals surface area contributed by atoms with E-state index in [4.69, 9.17) is 37.9 Å². The van der Waals surface area contributed by atoms with Gasteiger partial charge >= 0.3 is 23.9 Å². The summed E-state index contributed by atoms with van der Waals surface area (Å²) in [5.74, 6) is 2.62. The van der Waals surface area contributed by atoms with E-state index in [1.807, 2.05) is 24.3 Å². The lowest BCUT2D eigenvalue weighted by Crippen LogP contribution is -2.11. The Balaban J connectivity index is 2.14. The van der Waals surface area contributed by atoms with E-state index in [1.54, 1.807) is 52.0 Å². The molecule has 0 radical (unpaired) electrons. The Morgan fingerprint density at radius 3 is 0.938 bits per heavy atom. The van der Waals surface area contributed by atoms with Crippen LogP contribution in [0.25, 0.3) is 24.3 Å². The number of hydrogen-bond donors (Lipinski definition) is 0. The molecule has 0 aliphatic heterocycles. The van der Waals surface area contributed by atoms with Crippen molar-refractivity contribution in [3.63, 3.8) is 0 Å². The van der Waals surface area contributed by atoms with Crippen molar-refractivity contribution in [2.24, 2.45) is 23.7 Å². The van der Waals surface area contributed by atoms with E-state index in [0.29, 0.717) is 93.0 Å². The Bertz CT molecular complexity index is 2770. The lowest BCUT2D eigenvalue weighted by Gasteiger charge is -2.23. The largest absolute Gasteiger partial charge is 0.493 e. The number of carbonyl (C=O) groups is 4. The Morgan fingerprint density at radius 1 is 0.358 bits per heavy atom. The molecule has 0 fully saturated rings. The first-order chi connectivity index (χ1) is 38.9. The summed E-state index contributed by atoms with van der Waals surface area (Å²) in [6.45, 7) is 29.4. The van der Waals surface area contributed by atoms with Gasteiger partial charge in [-0.25, -0.2) is 19.2 Å². The molecule has 12 nitrogen and oxygen atoms in total. The van der Waals surface area contributed by atoms with Crippen LogP contribution in [0, 0.1) is 23.7 Å². The fourth-order valence-corrected chi connectivity index (χ4v) is 8.72. The van der Waals surface area contributed by atoms with Crippen LogP contribution >= 0.6 is 0 Å². The van der Waals surface area contributed by atoms with Crippen molar-refractivity contribution >= 4 is 48.2 Å². The van der Waals surface area contributed by atoms with Crippen LogP contribution in [-0.4, -0.2) is 76.7 Å². The van der Waals surface area contributed by atoms with Crippen LogP contribution in [0.3, 0.4) is 0 Å². The molecule has 0 aromatic heterocycles. The second kappa shape index (κ2) is 35.6. The third-order valence-electron chi connectivity index (χ3n) is 13.0. The van der Waals surface area contributed by atoms with Gasteiger partial charge in [-0.3, -0.25) is 0 Å². The van der Waals surface area contributed by atoms with E-state index in [0.717, 1.165) is 92.6 Å². The number of aryl methyl sites for hydroxylation is 1. The lowest BCUT2D eigenvalue weighted by atomic mass is 9.90. The zero-order chi connectivity index (χ0) is 59.3. The molecule has 0 amide bonds. The van der Waals surface area contributed by atoms with Gasteiger partial charge in [-0.1, -0.05) is 68.4 Å². The van der Waals surface area contributed by atoms with Gasteiger partial charge in [0.25, 0.3) is 0 Å². The Labute approximate surface area is 484 Å². The summed E-state index contributed by atoms with van der Waals surface area (Å²) in [7, 11) is 0. The van der Waals surface area contributed by atoms with Crippen molar-refractivity contribution in [1.82, 2.24) is 0 Å². The first-order valence-corrected chi connectivity index (χ1v) is 29.4. The first-order valence-electron chi connectivity index (χ1n) is 29.4. The second-order valence-electron chi connectivity index (χ2n) is 21.7. The smallest absolute Gasteiger partial charge is 0.330 e. The van der Waals surface area contributed by atoms with Crippen molar-refractivity contribution in [2.45, 2.75) is 141 Å². The number of benzene rings is 4. The zero-order valence-electron chi connectivity index (χ0n) is 50.8. The average molecular weight is 1110 g/mol. The maximum absolute atomic E-state index is 13.0. The number of rotatable bonds is 35. The molecule has 0 spiro atoms. The maximum atomic E-state index is 13.0. The van der Waals surface area contributed by atoms with Crippen LogP contribution in [0.4, 0.5) is 0 Å². The van der Waals surface area contributed by atoms with Crippen molar-refractivity contribution in [2.75, 3.05) is 52.9 Å². The quantitative estimate of drug-likeness (QED) is 0.0246. The number of ether oxygens (including phenoxy) is 8. The highest BCUT2D eigenvalue weighted by Crippen LogP contribution is 2.39. The summed E-state index contributed by atoms with van der Waals surface area (Å²) in [5.41, 5.74) is 9.27. The molecule has 440 valence electrons. The molecule has 0 bridgehead atoms. The minimum atomic E-state index is -0.467. The van der Waals surface area contributed by atoms with Crippen LogP contribution in [0.15, 0.2) is 78.9 Å². The highest BCUT2D eigenvalue weighted by molar-refractivity contribution is 5.89. The van der Waals surface area contributed by atoms with Gasteiger partial charge in [-0.2, -0.15) is 0 Å². The molecular formula is C69H92O12. The van der Waals surface area contributed by atoms with E-state index in [1.165, 1.54) is 24.3 Å². The predicted molar refractivity (Wildman–Crippen MR) is 326 cm³/mol. The fourth-order valence-electron chi connectivity index (χ4n) is 8.72. The fraction of sp³-hybridized carbons (Fsp3) is 0.478. The number of hydrogen-bond acceptors (Lipinski definition) is 12. The van der Waals surface area contributed by atoms with Crippen molar-refractivity contribution in [3.05, 3.63) is 140 Å². The van der Waals surface area contributed by atoms with Crippen molar-refractivity contribution in [3.8, 4) is 23.0 Å². The van der Waals surface area contributed by atoms with Crippen LogP contribution in [0.5, 0.6) is 23.0 Å². The normalized spacial score (nSPS) is 11.8. The van der Waals surface area contributed by atoms with E-state index >= 15 is 0 Å². The van der Waals surface area contributed by atoms with Gasteiger partial charge in [0.2, 0.25) is 0 Å². The molecule has 4 aromatic carbocycles. The summed E-state index contributed by atoms with van der Waals surface area (Å²) in [5, 5.41) is 0. The molecule has 4 aromatic rings. The molecule has 0 saturated heterocycles. The van der Waals surface area contributed by atoms with E-state index in [9.17, 15) is 19.2 Å². The van der Waals surface area contributed by atoms with E-state index in [2.05, 4.69) is 92.6 Å². The molecule has 0 heterocycles. The van der Waals surface area contributed by atoms with Crippen molar-refractivity contribution < 1.29 is 57.1 Å². The molecule has 0 saturated carbocycles. The standard InChI is InChI=1S/C69H92O12/c1-14-55-38-52(21-26-64(71)75-16-3)39-58(67(55)79-34-30-48(8)9)45-59-42-54(23-28-66(73)77-18-5)43-61(69(59)81-36-32-50(12)13)46-60-41-53(22-27-65(72)76-17-4)40-57(68(60)80-35-31-49(10)11)44-56-37-51(20-25-63(70)74-15-2)19-24-62(56)78-33-29-47(6)7/h19-28,37-43,47-50H,14-18,29-36,44-46H2,1-13H3/b25-20+,26-21+,27-22+,28-23+. The highest BCUT2D eigenvalue weighted by atomic mass is 16.5. The van der Waals surface area contributed by atoms with Crippen molar-refractivity contribution in [1.29, 1.82) is 0 Å². The third-order valence-corrected chi connectivity index (χ3v) is 13.0. The first kappa shape index (κ1) is 66.4. The molecule has 0 unspecified atom stereocenters. The molecule has 0 aliphatic carbocycles. The van der Waals surface area contributed by atoms with Gasteiger partial charge in [0.1, 0.15) is 23.0 Å². The molecule has 0 aliphatic rings. The molecule has 12 heteroatoms. The summed E-state index contributed by atoms with van der Waals surface area (Å²) in [4.78, 5) is 51.1. The summed E-state index contributed by atoms with van der Waals surface area (Å²) < 4.78 is 48.5. The summed E-state index contributed by atoms with van der Waals surface area (Å²) >= 11 is 0. The molecule has 4 rings (SSSR count). The molecular weight excluding hydrogens is 1020 g/mol. The monoisotopic (exact) mass is 1110 g/mol. The summed E-state index contributed by atoms with van der Waals surface area (Å²) in [6, 6.07) is 18.2. The Hall–Kier alpha value is -7.08. The summed E-state index contributed by atoms with van der Waals surface area (Å²) in [6.07, 6.45) is 17.9. The number of esters is 4. The molecule has 0 atom stereocenters. The topological polar surface area (TPSA) is 142 Å². The predicted octanol–water partition coefficient (Wildman–Crippen LogP) is 15.0. The highest BCUT2D eigenvalue weighted by Gasteiger charge is 2.23. The second-order valence-corrected chi connectivity index (χ2v) is 21.7. The Morgan fingerprint density at radius 2 is 0.630 bits per heavy atom. The van der Waals surface area contributed by atoms with Crippen LogP contribution in [0.2, 0.25) is 0 Å². The van der Waals surface area contributed by atoms with Gasteiger partial charge in [0.15, 0.2) is 0 Å². The number of carbonyl (C=O) groups excluding carboxylic acids is 4. The van der Waals surface area contributed by atoms with E-state index in [-0.39, 0.29) is 26.4 Å². The Kier molecular flexibility index (Phi) is 29.2. The van der Waals surface area contributed by atoms with Gasteiger partial charge < -0.3 is 37.9 Å². The SMILES string of the molecule is CCOC(=O)/C=C/c1ccc(OCCC(C)C)c(Cc2cc(/C=C/C(=O)OCC)cc(Cc3cc(/C=C/C(=O)OCC)cc(Cc4cc(/C=C/C(=O)OCC)cc(CC)c4OCCC(C)C)c3OCCC(C)C)c2OCCC(C)C)c1.